The van der Waals surface area contributed by atoms with Gasteiger partial charge in [-0.3, -0.25) is 14.4 Å². The number of carbonyl (C=O) groups excluding carboxylic acids is 4. The van der Waals surface area contributed by atoms with E-state index < -0.39 is 41.5 Å². The van der Waals surface area contributed by atoms with Crippen LogP contribution in [0.15, 0.2) is 61.2 Å². The lowest BCUT2D eigenvalue weighted by Crippen LogP contribution is -2.53. The lowest BCUT2D eigenvalue weighted by Gasteiger charge is -2.35. The maximum atomic E-state index is 14.0. The summed E-state index contributed by atoms with van der Waals surface area (Å²) in [6, 6.07) is 12.9. The van der Waals surface area contributed by atoms with Crippen molar-refractivity contribution in [2.24, 2.45) is 5.73 Å². The van der Waals surface area contributed by atoms with E-state index in [0.29, 0.717) is 5.56 Å². The summed E-state index contributed by atoms with van der Waals surface area (Å²) in [7, 11) is 0. The number of benzene rings is 2. The first-order chi connectivity index (χ1) is 18.3. The summed E-state index contributed by atoms with van der Waals surface area (Å²) >= 11 is 0. The molecule has 9 nitrogen and oxygen atoms in total. The number of nitrogens with one attached hydrogen (secondary N) is 2. The molecule has 0 spiro atoms. The molecule has 9 heteroatoms. The van der Waals surface area contributed by atoms with Gasteiger partial charge in [0.1, 0.15) is 17.7 Å². The number of alkyl carbamates (subject to hydrolysis) is 1. The maximum Gasteiger partial charge on any atom is 0.408 e. The van der Waals surface area contributed by atoms with Gasteiger partial charge in [-0.2, -0.15) is 0 Å². The van der Waals surface area contributed by atoms with Crippen molar-refractivity contribution in [1.29, 1.82) is 0 Å². The first kappa shape index (κ1) is 31.1. The number of hydrogen-bond acceptors (Lipinski definition) is 5. The standard InChI is InChI=1S/C30H40N4O5/c1-7-18-34(28(37)23(16-17-24(31)35)33-29(38)39-30(4,5)6)26(25-20(2)12-11-13-21(25)3)27(36)32-19-22-14-9-8-10-15-22/h7-15,23,26H,1,16-19H2,2-6H3,(H2,31,35)(H,32,36)(H,33,38). The van der Waals surface area contributed by atoms with Crippen molar-refractivity contribution in [3.05, 3.63) is 83.4 Å². The number of amides is 4. The number of primary amides is 1. The van der Waals surface area contributed by atoms with Crippen LogP contribution in [0, 0.1) is 13.8 Å². The number of carbonyl (C=O) groups is 4. The summed E-state index contributed by atoms with van der Waals surface area (Å²) in [4.78, 5) is 53.4. The van der Waals surface area contributed by atoms with Gasteiger partial charge in [0.05, 0.1) is 0 Å². The summed E-state index contributed by atoms with van der Waals surface area (Å²) < 4.78 is 5.35. The van der Waals surface area contributed by atoms with Crippen molar-refractivity contribution < 1.29 is 23.9 Å². The summed E-state index contributed by atoms with van der Waals surface area (Å²) in [5, 5.41) is 5.53. The predicted molar refractivity (Wildman–Crippen MR) is 150 cm³/mol. The predicted octanol–water partition coefficient (Wildman–Crippen LogP) is 3.83. The van der Waals surface area contributed by atoms with Crippen molar-refractivity contribution in [3.8, 4) is 0 Å². The molecule has 39 heavy (non-hydrogen) atoms. The molecule has 0 heterocycles. The second-order valence-corrected chi connectivity index (χ2v) is 10.4. The number of ether oxygens (including phenoxy) is 1. The van der Waals surface area contributed by atoms with Crippen LogP contribution in [0.3, 0.4) is 0 Å². The van der Waals surface area contributed by atoms with Crippen LogP contribution in [-0.2, 0) is 25.7 Å². The second-order valence-electron chi connectivity index (χ2n) is 10.4. The van der Waals surface area contributed by atoms with Gasteiger partial charge in [0.2, 0.25) is 17.7 Å². The van der Waals surface area contributed by atoms with Gasteiger partial charge in [0.15, 0.2) is 0 Å². The molecule has 0 aliphatic heterocycles. The monoisotopic (exact) mass is 536 g/mol. The van der Waals surface area contributed by atoms with E-state index in [0.717, 1.165) is 16.7 Å². The Morgan fingerprint density at radius 1 is 1.03 bits per heavy atom. The average molecular weight is 537 g/mol. The number of nitrogens with two attached hydrogens (primary N) is 1. The number of nitrogens with zero attached hydrogens (tertiary/aromatic N) is 1. The van der Waals surface area contributed by atoms with Crippen molar-refractivity contribution >= 4 is 23.8 Å². The Kier molecular flexibility index (Phi) is 11.3. The molecule has 2 atom stereocenters. The third-order valence-electron chi connectivity index (χ3n) is 5.96. The highest BCUT2D eigenvalue weighted by Gasteiger charge is 2.37. The molecular formula is C30H40N4O5. The van der Waals surface area contributed by atoms with Crippen LogP contribution < -0.4 is 16.4 Å². The molecule has 0 saturated carbocycles. The lowest BCUT2D eigenvalue weighted by molar-refractivity contribution is -0.142. The zero-order valence-electron chi connectivity index (χ0n) is 23.5. The van der Waals surface area contributed by atoms with E-state index in [1.807, 2.05) is 62.4 Å². The normalized spacial score (nSPS) is 12.5. The topological polar surface area (TPSA) is 131 Å². The smallest absolute Gasteiger partial charge is 0.408 e. The second kappa shape index (κ2) is 14.1. The fourth-order valence-electron chi connectivity index (χ4n) is 4.22. The van der Waals surface area contributed by atoms with Crippen LogP contribution in [-0.4, -0.2) is 46.9 Å². The fourth-order valence-corrected chi connectivity index (χ4v) is 4.22. The highest BCUT2D eigenvalue weighted by Crippen LogP contribution is 2.29. The molecule has 2 rings (SSSR count). The Labute approximate surface area is 230 Å². The van der Waals surface area contributed by atoms with E-state index in [9.17, 15) is 19.2 Å². The van der Waals surface area contributed by atoms with Gasteiger partial charge in [-0.25, -0.2) is 4.79 Å². The van der Waals surface area contributed by atoms with E-state index in [-0.39, 0.29) is 25.9 Å². The summed E-state index contributed by atoms with van der Waals surface area (Å²) in [6.45, 7) is 12.9. The third kappa shape index (κ3) is 9.59. The molecule has 0 aliphatic rings. The summed E-state index contributed by atoms with van der Waals surface area (Å²) in [6.07, 6.45) is 0.483. The van der Waals surface area contributed by atoms with Crippen molar-refractivity contribution in [3.63, 3.8) is 0 Å². The molecular weight excluding hydrogens is 496 g/mol. The Morgan fingerprint density at radius 2 is 1.64 bits per heavy atom. The molecule has 0 aromatic heterocycles. The quantitative estimate of drug-likeness (QED) is 0.355. The van der Waals surface area contributed by atoms with Gasteiger partial charge >= 0.3 is 6.09 Å². The van der Waals surface area contributed by atoms with Crippen LogP contribution in [0.4, 0.5) is 4.79 Å². The van der Waals surface area contributed by atoms with Gasteiger partial charge in [-0.15, -0.1) is 6.58 Å². The summed E-state index contributed by atoms with van der Waals surface area (Å²) in [5.74, 6) is -1.58. The maximum absolute atomic E-state index is 14.0. The van der Waals surface area contributed by atoms with E-state index in [1.165, 1.54) is 11.0 Å². The minimum Gasteiger partial charge on any atom is -0.444 e. The summed E-state index contributed by atoms with van der Waals surface area (Å²) in [5.41, 5.74) is 7.77. The van der Waals surface area contributed by atoms with Crippen molar-refractivity contribution in [2.45, 2.75) is 71.7 Å². The number of aryl methyl sites for hydroxylation is 2. The Morgan fingerprint density at radius 3 is 2.18 bits per heavy atom. The van der Waals surface area contributed by atoms with Crippen LogP contribution in [0.1, 0.15) is 61.9 Å². The fraction of sp³-hybridized carbons (Fsp3) is 0.400. The molecule has 4 amide bonds. The van der Waals surface area contributed by atoms with Gasteiger partial charge in [-0.1, -0.05) is 54.6 Å². The molecule has 0 bridgehead atoms. The molecule has 0 aliphatic carbocycles. The minimum absolute atomic E-state index is 0.0130. The molecule has 210 valence electrons. The van der Waals surface area contributed by atoms with Crippen LogP contribution in [0.2, 0.25) is 0 Å². The van der Waals surface area contributed by atoms with E-state index in [1.54, 1.807) is 20.8 Å². The highest BCUT2D eigenvalue weighted by atomic mass is 16.6. The van der Waals surface area contributed by atoms with E-state index in [2.05, 4.69) is 17.2 Å². The van der Waals surface area contributed by atoms with Crippen molar-refractivity contribution in [2.75, 3.05) is 6.54 Å². The SMILES string of the molecule is C=CCN(C(=O)C(CCC(N)=O)NC(=O)OC(C)(C)C)C(C(=O)NCc1ccccc1)c1c(C)cccc1C. The molecule has 2 aromatic carbocycles. The Bertz CT molecular complexity index is 1150. The molecule has 2 aromatic rings. The molecule has 2 unspecified atom stereocenters. The highest BCUT2D eigenvalue weighted by molar-refractivity contribution is 5.93. The van der Waals surface area contributed by atoms with E-state index >= 15 is 0 Å². The average Bonchev–Trinajstić information content (AvgIpc) is 2.85. The molecule has 4 N–H and O–H groups in total. The van der Waals surface area contributed by atoms with Gasteiger partial charge < -0.3 is 26.0 Å². The zero-order chi connectivity index (χ0) is 29.2. The minimum atomic E-state index is -1.17. The van der Waals surface area contributed by atoms with Crippen LogP contribution >= 0.6 is 0 Å². The van der Waals surface area contributed by atoms with Gasteiger partial charge in [0.25, 0.3) is 0 Å². The van der Waals surface area contributed by atoms with Gasteiger partial charge in [0, 0.05) is 19.5 Å². The number of rotatable bonds is 12. The molecule has 0 fully saturated rings. The first-order valence-corrected chi connectivity index (χ1v) is 12.9. The number of hydrogen-bond donors (Lipinski definition) is 3. The van der Waals surface area contributed by atoms with Gasteiger partial charge in [-0.05, 0) is 63.3 Å². The Balaban J connectivity index is 2.51. The molecule has 0 saturated heterocycles. The molecule has 0 radical (unpaired) electrons. The third-order valence-corrected chi connectivity index (χ3v) is 5.96. The lowest BCUT2D eigenvalue weighted by atomic mass is 9.93. The zero-order valence-corrected chi connectivity index (χ0v) is 23.5. The van der Waals surface area contributed by atoms with Crippen LogP contribution in [0.5, 0.6) is 0 Å². The first-order valence-electron chi connectivity index (χ1n) is 12.9. The largest absolute Gasteiger partial charge is 0.444 e. The van der Waals surface area contributed by atoms with Crippen LogP contribution in [0.25, 0.3) is 0 Å². The Hall–Kier alpha value is -4.14. The van der Waals surface area contributed by atoms with E-state index in [4.69, 9.17) is 10.5 Å². The van der Waals surface area contributed by atoms with Crippen molar-refractivity contribution in [1.82, 2.24) is 15.5 Å².